The van der Waals surface area contributed by atoms with E-state index >= 15 is 0 Å². The number of aliphatic hydroxyl groups excluding tert-OH is 1. The fourth-order valence-corrected chi connectivity index (χ4v) is 1.53. The summed E-state index contributed by atoms with van der Waals surface area (Å²) in [5.74, 6) is 0.632. The number of aliphatic hydroxyl groups is 1. The second-order valence-electron chi connectivity index (χ2n) is 3.06. The van der Waals surface area contributed by atoms with Gasteiger partial charge in [0, 0.05) is 11.3 Å². The molecule has 1 spiro atoms. The maximum Gasteiger partial charge on any atom is 0.0928 e. The lowest BCUT2D eigenvalue weighted by atomic mass is 9.78. The minimum atomic E-state index is 0.289. The summed E-state index contributed by atoms with van der Waals surface area (Å²) in [7, 11) is 0. The number of rotatable bonds is 1. The zero-order valence-corrected chi connectivity index (χ0v) is 5.30. The molecule has 1 saturated carbocycles. The molecule has 2 rings (SSSR count). The van der Waals surface area contributed by atoms with Crippen LogP contribution < -0.4 is 0 Å². The minimum Gasteiger partial charge on any atom is -0.512 e. The molecule has 0 aromatic carbocycles. The molecule has 48 valence electrons. The average molecular weight is 122 g/mol. The Kier molecular flexibility index (Phi) is 0.696. The molecule has 1 N–H and O–H groups in total. The number of allylic oxidation sites excluding steroid dienone is 2. The van der Waals surface area contributed by atoms with E-state index in [0.717, 1.165) is 0 Å². The van der Waals surface area contributed by atoms with Crippen LogP contribution in [-0.4, -0.2) is 5.11 Å². The van der Waals surface area contributed by atoms with E-state index in [1.54, 1.807) is 0 Å². The quantitative estimate of drug-likeness (QED) is 0.416. The average Bonchev–Trinajstić information content (AvgIpc) is 2.37. The SMILES string of the molecule is C=C(O)C1C=CC12CC2. The lowest BCUT2D eigenvalue weighted by molar-refractivity contribution is 0.294. The van der Waals surface area contributed by atoms with Gasteiger partial charge in [0.2, 0.25) is 0 Å². The van der Waals surface area contributed by atoms with Crippen molar-refractivity contribution < 1.29 is 5.11 Å². The van der Waals surface area contributed by atoms with Crippen LogP contribution in [0.4, 0.5) is 0 Å². The Bertz CT molecular complexity index is 187. The third-order valence-corrected chi connectivity index (χ3v) is 2.43. The minimum absolute atomic E-state index is 0.289. The molecule has 0 saturated heterocycles. The van der Waals surface area contributed by atoms with Crippen molar-refractivity contribution in [3.05, 3.63) is 24.5 Å². The topological polar surface area (TPSA) is 20.2 Å². The van der Waals surface area contributed by atoms with Gasteiger partial charge in [-0.3, -0.25) is 0 Å². The van der Waals surface area contributed by atoms with Gasteiger partial charge in [-0.2, -0.15) is 0 Å². The number of hydrogen-bond donors (Lipinski definition) is 1. The molecule has 0 aromatic rings. The summed E-state index contributed by atoms with van der Waals surface area (Å²) in [5.41, 5.74) is 0.381. The second kappa shape index (κ2) is 1.23. The van der Waals surface area contributed by atoms with Crippen LogP contribution in [0.2, 0.25) is 0 Å². The van der Waals surface area contributed by atoms with Crippen LogP contribution in [0.15, 0.2) is 24.5 Å². The van der Waals surface area contributed by atoms with E-state index in [1.165, 1.54) is 12.8 Å². The molecule has 0 amide bonds. The zero-order valence-electron chi connectivity index (χ0n) is 5.30. The largest absolute Gasteiger partial charge is 0.512 e. The molecular weight excluding hydrogens is 112 g/mol. The van der Waals surface area contributed by atoms with Crippen LogP contribution in [0.3, 0.4) is 0 Å². The Labute approximate surface area is 54.7 Å². The summed E-state index contributed by atoms with van der Waals surface area (Å²) in [6.07, 6.45) is 6.72. The molecule has 0 aromatic heterocycles. The third kappa shape index (κ3) is 0.493. The highest BCUT2D eigenvalue weighted by atomic mass is 16.3. The van der Waals surface area contributed by atoms with E-state index in [2.05, 4.69) is 12.7 Å². The van der Waals surface area contributed by atoms with Gasteiger partial charge in [0.05, 0.1) is 5.76 Å². The first-order valence-corrected chi connectivity index (χ1v) is 3.32. The molecule has 1 fully saturated rings. The molecule has 0 aliphatic heterocycles. The van der Waals surface area contributed by atoms with Crippen LogP contribution in [0.1, 0.15) is 12.8 Å². The van der Waals surface area contributed by atoms with Gasteiger partial charge >= 0.3 is 0 Å². The van der Waals surface area contributed by atoms with Gasteiger partial charge in [0.15, 0.2) is 0 Å². The number of hydrogen-bond acceptors (Lipinski definition) is 1. The molecule has 1 heteroatoms. The molecule has 9 heavy (non-hydrogen) atoms. The highest BCUT2D eigenvalue weighted by Gasteiger charge is 2.52. The maximum absolute atomic E-state index is 9.00. The van der Waals surface area contributed by atoms with E-state index in [0.29, 0.717) is 11.2 Å². The predicted molar refractivity (Wildman–Crippen MR) is 36.1 cm³/mol. The fraction of sp³-hybridized carbons (Fsp3) is 0.500. The van der Waals surface area contributed by atoms with Crippen molar-refractivity contribution in [1.82, 2.24) is 0 Å². The van der Waals surface area contributed by atoms with E-state index in [-0.39, 0.29) is 5.92 Å². The molecule has 0 radical (unpaired) electrons. The van der Waals surface area contributed by atoms with Gasteiger partial charge in [-0.15, -0.1) is 0 Å². The molecule has 0 heterocycles. The van der Waals surface area contributed by atoms with Crippen molar-refractivity contribution in [2.45, 2.75) is 12.8 Å². The van der Waals surface area contributed by atoms with Crippen LogP contribution in [-0.2, 0) is 0 Å². The van der Waals surface area contributed by atoms with Crippen molar-refractivity contribution in [1.29, 1.82) is 0 Å². The van der Waals surface area contributed by atoms with Crippen LogP contribution in [0.5, 0.6) is 0 Å². The Hall–Kier alpha value is -0.720. The molecular formula is C8H10O. The smallest absolute Gasteiger partial charge is 0.0928 e. The summed E-state index contributed by atoms with van der Waals surface area (Å²) in [6, 6.07) is 0. The van der Waals surface area contributed by atoms with E-state index in [4.69, 9.17) is 5.11 Å². The van der Waals surface area contributed by atoms with Crippen molar-refractivity contribution in [3.8, 4) is 0 Å². The Morgan fingerprint density at radius 3 is 2.44 bits per heavy atom. The molecule has 2 aliphatic carbocycles. The molecule has 1 nitrogen and oxygen atoms in total. The third-order valence-electron chi connectivity index (χ3n) is 2.43. The summed E-state index contributed by atoms with van der Waals surface area (Å²) in [6.45, 7) is 3.52. The van der Waals surface area contributed by atoms with Crippen molar-refractivity contribution in [2.75, 3.05) is 0 Å². The monoisotopic (exact) mass is 122 g/mol. The molecule has 1 unspecified atom stereocenters. The summed E-state index contributed by atoms with van der Waals surface area (Å²) >= 11 is 0. The summed E-state index contributed by atoms with van der Waals surface area (Å²) in [5, 5.41) is 9.00. The highest BCUT2D eigenvalue weighted by molar-refractivity contribution is 5.31. The molecule has 1 atom stereocenters. The van der Waals surface area contributed by atoms with Crippen molar-refractivity contribution >= 4 is 0 Å². The normalized spacial score (nSPS) is 34.0. The van der Waals surface area contributed by atoms with E-state index in [1.807, 2.05) is 6.08 Å². The first kappa shape index (κ1) is 5.10. The Balaban J connectivity index is 2.19. The summed E-state index contributed by atoms with van der Waals surface area (Å²) in [4.78, 5) is 0. The fourth-order valence-electron chi connectivity index (χ4n) is 1.53. The predicted octanol–water partition coefficient (Wildman–Crippen LogP) is 2.02. The van der Waals surface area contributed by atoms with Gasteiger partial charge in [0.1, 0.15) is 0 Å². The summed E-state index contributed by atoms with van der Waals surface area (Å²) < 4.78 is 0. The van der Waals surface area contributed by atoms with Crippen LogP contribution >= 0.6 is 0 Å². The molecule has 0 bridgehead atoms. The maximum atomic E-state index is 9.00. The lowest BCUT2D eigenvalue weighted by Crippen LogP contribution is -2.21. The highest BCUT2D eigenvalue weighted by Crippen LogP contribution is 2.60. The zero-order chi connectivity index (χ0) is 6.48. The van der Waals surface area contributed by atoms with Gasteiger partial charge < -0.3 is 5.11 Å². The van der Waals surface area contributed by atoms with Gasteiger partial charge in [-0.25, -0.2) is 0 Å². The van der Waals surface area contributed by atoms with Gasteiger partial charge in [-0.1, -0.05) is 18.7 Å². The van der Waals surface area contributed by atoms with Gasteiger partial charge in [0.25, 0.3) is 0 Å². The van der Waals surface area contributed by atoms with Crippen LogP contribution in [0, 0.1) is 11.3 Å². The Morgan fingerprint density at radius 2 is 2.33 bits per heavy atom. The van der Waals surface area contributed by atoms with Crippen molar-refractivity contribution in [3.63, 3.8) is 0 Å². The van der Waals surface area contributed by atoms with E-state index in [9.17, 15) is 0 Å². The van der Waals surface area contributed by atoms with E-state index < -0.39 is 0 Å². The first-order valence-electron chi connectivity index (χ1n) is 3.32. The van der Waals surface area contributed by atoms with Gasteiger partial charge in [-0.05, 0) is 12.8 Å². The second-order valence-corrected chi connectivity index (χ2v) is 3.06. The first-order chi connectivity index (χ1) is 4.25. The van der Waals surface area contributed by atoms with Crippen LogP contribution in [0.25, 0.3) is 0 Å². The molecule has 2 aliphatic rings. The standard InChI is InChI=1S/C8H10O/c1-6(9)7-2-3-8(7)4-5-8/h2-3,7,9H,1,4-5H2. The lowest BCUT2D eigenvalue weighted by Gasteiger charge is -2.27. The van der Waals surface area contributed by atoms with Crippen molar-refractivity contribution in [2.24, 2.45) is 11.3 Å². The Morgan fingerprint density at radius 1 is 1.67 bits per heavy atom.